The van der Waals surface area contributed by atoms with Gasteiger partial charge in [0.05, 0.1) is 5.39 Å². The second kappa shape index (κ2) is 5.00. The molecule has 0 amide bonds. The van der Waals surface area contributed by atoms with Crippen molar-refractivity contribution in [2.75, 3.05) is 0 Å². The molecule has 0 N–H and O–H groups in total. The molecule has 21 heavy (non-hydrogen) atoms. The molecular weight excluding hydrogens is 289 g/mol. The van der Waals surface area contributed by atoms with Gasteiger partial charge in [-0.3, -0.25) is 9.36 Å². The maximum atomic E-state index is 13.1. The van der Waals surface area contributed by atoms with Crippen LogP contribution in [0.5, 0.6) is 0 Å². The van der Waals surface area contributed by atoms with Crippen molar-refractivity contribution in [2.45, 2.75) is 6.92 Å². The lowest BCUT2D eigenvalue weighted by Gasteiger charge is -2.15. The molecule has 0 unspecified atom stereocenters. The molecular formula is C15H11BClFN2O. The molecule has 0 fully saturated rings. The van der Waals surface area contributed by atoms with Crippen LogP contribution in [0.15, 0.2) is 41.3 Å². The first-order valence-corrected chi connectivity index (χ1v) is 6.81. The lowest BCUT2D eigenvalue weighted by Crippen LogP contribution is -2.29. The number of hydrogen-bond acceptors (Lipinski definition) is 2. The number of aromatic nitrogens is 2. The van der Waals surface area contributed by atoms with E-state index in [9.17, 15) is 9.18 Å². The van der Waals surface area contributed by atoms with Crippen LogP contribution in [0.1, 0.15) is 5.69 Å². The maximum absolute atomic E-state index is 13.1. The van der Waals surface area contributed by atoms with Gasteiger partial charge in [-0.25, -0.2) is 9.37 Å². The molecule has 0 bridgehead atoms. The summed E-state index contributed by atoms with van der Waals surface area (Å²) < 4.78 is 14.6. The molecule has 1 aromatic carbocycles. The lowest BCUT2D eigenvalue weighted by molar-refractivity contribution is 0.627. The molecule has 0 atom stereocenters. The highest BCUT2D eigenvalue weighted by atomic mass is 35.5. The average molecular weight is 301 g/mol. The van der Waals surface area contributed by atoms with Crippen LogP contribution >= 0.6 is 11.6 Å². The van der Waals surface area contributed by atoms with E-state index < -0.39 is 0 Å². The minimum Gasteiger partial charge on any atom is -0.282 e. The first-order valence-electron chi connectivity index (χ1n) is 6.43. The van der Waals surface area contributed by atoms with Crippen LogP contribution in [0.25, 0.3) is 16.5 Å². The average Bonchev–Trinajstić information content (AvgIpc) is 2.47. The molecule has 0 aliphatic rings. The fourth-order valence-electron chi connectivity index (χ4n) is 2.48. The topological polar surface area (TPSA) is 34.9 Å². The quantitative estimate of drug-likeness (QED) is 0.507. The number of rotatable bonds is 1. The molecule has 104 valence electrons. The van der Waals surface area contributed by atoms with E-state index in [1.807, 2.05) is 14.8 Å². The number of pyridine rings is 2. The Balaban J connectivity index is 2.46. The number of fused-ring (bicyclic) bond motifs is 1. The van der Waals surface area contributed by atoms with Crippen molar-refractivity contribution in [3.63, 3.8) is 0 Å². The first kappa shape index (κ1) is 13.8. The fraction of sp³-hybridized carbons (Fsp3) is 0.0667. The predicted molar refractivity (Wildman–Crippen MR) is 85.2 cm³/mol. The third-order valence-corrected chi connectivity index (χ3v) is 3.98. The molecule has 0 aliphatic carbocycles. The predicted octanol–water partition coefficient (Wildman–Crippen LogP) is 1.75. The van der Waals surface area contributed by atoms with Crippen LogP contribution in [-0.2, 0) is 0 Å². The van der Waals surface area contributed by atoms with E-state index in [4.69, 9.17) is 11.6 Å². The van der Waals surface area contributed by atoms with Gasteiger partial charge in [-0.1, -0.05) is 17.1 Å². The summed E-state index contributed by atoms with van der Waals surface area (Å²) in [4.78, 5) is 16.7. The Kier molecular flexibility index (Phi) is 3.30. The molecule has 3 aromatic rings. The molecule has 0 spiro atoms. The summed E-state index contributed by atoms with van der Waals surface area (Å²) in [6, 6.07) is 7.57. The van der Waals surface area contributed by atoms with Crippen molar-refractivity contribution in [3.05, 3.63) is 63.5 Å². The summed E-state index contributed by atoms with van der Waals surface area (Å²) in [5.74, 6) is -0.346. The number of nitrogens with zero attached hydrogens (tertiary/aromatic N) is 2. The molecule has 2 aromatic heterocycles. The summed E-state index contributed by atoms with van der Waals surface area (Å²) in [7, 11) is 1.92. The van der Waals surface area contributed by atoms with Gasteiger partial charge >= 0.3 is 0 Å². The van der Waals surface area contributed by atoms with Gasteiger partial charge in [0.25, 0.3) is 5.56 Å². The number of halogens is 2. The molecule has 0 radical (unpaired) electrons. The minimum atomic E-state index is -0.346. The standard InChI is InChI=1S/C15H11BClFN2O/c1-8-13(16)11-6-7-19-14(17)12(11)15(21)20(8)10-4-2-9(18)3-5-10/h2-7H,16H2,1H3. The maximum Gasteiger partial charge on any atom is 0.266 e. The second-order valence-corrected chi connectivity index (χ2v) is 5.21. The Morgan fingerprint density at radius 1 is 1.24 bits per heavy atom. The van der Waals surface area contributed by atoms with Crippen LogP contribution in [-0.4, -0.2) is 17.4 Å². The van der Waals surface area contributed by atoms with Gasteiger partial charge in [0.15, 0.2) is 0 Å². The van der Waals surface area contributed by atoms with Gasteiger partial charge < -0.3 is 0 Å². The summed E-state index contributed by atoms with van der Waals surface area (Å²) in [5.41, 5.74) is 2.08. The lowest BCUT2D eigenvalue weighted by atomic mass is 9.89. The largest absolute Gasteiger partial charge is 0.282 e. The molecule has 0 aliphatic heterocycles. The minimum absolute atomic E-state index is 0.177. The van der Waals surface area contributed by atoms with E-state index in [0.29, 0.717) is 11.1 Å². The van der Waals surface area contributed by atoms with E-state index >= 15 is 0 Å². The highest BCUT2D eigenvalue weighted by molar-refractivity contribution is 6.42. The van der Waals surface area contributed by atoms with Crippen molar-refractivity contribution >= 4 is 35.7 Å². The molecule has 2 heterocycles. The molecule has 3 rings (SSSR count). The van der Waals surface area contributed by atoms with Gasteiger partial charge in [0.2, 0.25) is 0 Å². The number of hydrogen-bond donors (Lipinski definition) is 0. The van der Waals surface area contributed by atoms with Crippen LogP contribution in [0.4, 0.5) is 4.39 Å². The second-order valence-electron chi connectivity index (χ2n) is 4.85. The Morgan fingerprint density at radius 2 is 1.90 bits per heavy atom. The summed E-state index contributed by atoms with van der Waals surface area (Å²) in [6.45, 7) is 1.86. The number of benzene rings is 1. The highest BCUT2D eigenvalue weighted by Gasteiger charge is 2.15. The van der Waals surface area contributed by atoms with E-state index in [-0.39, 0.29) is 16.5 Å². The first-order chi connectivity index (χ1) is 10.0. The summed E-state index contributed by atoms with van der Waals surface area (Å²) >= 11 is 6.09. The van der Waals surface area contributed by atoms with Gasteiger partial charge in [0, 0.05) is 17.6 Å². The van der Waals surface area contributed by atoms with Crippen LogP contribution < -0.4 is 11.0 Å². The van der Waals surface area contributed by atoms with Gasteiger partial charge in [-0.2, -0.15) is 0 Å². The van der Waals surface area contributed by atoms with E-state index in [0.717, 1.165) is 16.5 Å². The zero-order valence-electron chi connectivity index (χ0n) is 11.5. The third-order valence-electron chi connectivity index (χ3n) is 3.69. The van der Waals surface area contributed by atoms with Crippen LogP contribution in [0.2, 0.25) is 5.15 Å². The van der Waals surface area contributed by atoms with Gasteiger partial charge in [-0.05, 0) is 42.6 Å². The van der Waals surface area contributed by atoms with Crippen LogP contribution in [0.3, 0.4) is 0 Å². The Labute approximate surface area is 126 Å². The molecule has 0 saturated carbocycles. The van der Waals surface area contributed by atoms with Gasteiger partial charge in [0.1, 0.15) is 18.8 Å². The van der Waals surface area contributed by atoms with Crippen molar-refractivity contribution in [2.24, 2.45) is 0 Å². The van der Waals surface area contributed by atoms with E-state index in [1.165, 1.54) is 16.7 Å². The molecule has 3 nitrogen and oxygen atoms in total. The van der Waals surface area contributed by atoms with Gasteiger partial charge in [-0.15, -0.1) is 0 Å². The summed E-state index contributed by atoms with van der Waals surface area (Å²) in [6.07, 6.45) is 1.58. The third kappa shape index (κ3) is 2.14. The summed E-state index contributed by atoms with van der Waals surface area (Å²) in [5, 5.41) is 1.35. The monoisotopic (exact) mass is 300 g/mol. The molecule has 0 saturated heterocycles. The Morgan fingerprint density at radius 3 is 2.57 bits per heavy atom. The molecule has 6 heteroatoms. The zero-order valence-corrected chi connectivity index (χ0v) is 12.3. The van der Waals surface area contributed by atoms with E-state index in [1.54, 1.807) is 24.4 Å². The fourth-order valence-corrected chi connectivity index (χ4v) is 2.72. The smallest absolute Gasteiger partial charge is 0.266 e. The van der Waals surface area contributed by atoms with E-state index in [2.05, 4.69) is 4.98 Å². The van der Waals surface area contributed by atoms with Crippen LogP contribution in [0, 0.1) is 12.7 Å². The van der Waals surface area contributed by atoms with Crippen molar-refractivity contribution in [1.29, 1.82) is 0 Å². The SMILES string of the molecule is Bc1c(C)n(-c2ccc(F)cc2)c(=O)c2c(Cl)nccc12. The normalized spacial score (nSPS) is 11.0. The highest BCUT2D eigenvalue weighted by Crippen LogP contribution is 2.18. The van der Waals surface area contributed by atoms with Crippen molar-refractivity contribution in [1.82, 2.24) is 9.55 Å². The Bertz CT molecular complexity index is 906. The zero-order chi connectivity index (χ0) is 15.1. The Hall–Kier alpha value is -2.14. The van der Waals surface area contributed by atoms with Crippen molar-refractivity contribution in [3.8, 4) is 5.69 Å². The van der Waals surface area contributed by atoms with Crippen molar-refractivity contribution < 1.29 is 4.39 Å².